The van der Waals surface area contributed by atoms with Gasteiger partial charge >= 0.3 is 0 Å². The van der Waals surface area contributed by atoms with E-state index in [9.17, 15) is 4.79 Å². The first-order chi connectivity index (χ1) is 8.52. The lowest BCUT2D eigenvalue weighted by atomic mass is 9.99. The first-order valence-corrected chi connectivity index (χ1v) is 7.26. The molecular formula is C14H31Cl2N3O. The lowest BCUT2D eigenvalue weighted by Gasteiger charge is -2.31. The van der Waals surface area contributed by atoms with Crippen LogP contribution in [0.2, 0.25) is 0 Å². The van der Waals surface area contributed by atoms with Gasteiger partial charge < -0.3 is 10.6 Å². The molecule has 0 radical (unpaired) electrons. The van der Waals surface area contributed by atoms with Gasteiger partial charge in [0.1, 0.15) is 0 Å². The number of hydrogen-bond donors (Lipinski definition) is 2. The van der Waals surface area contributed by atoms with E-state index in [0.717, 1.165) is 39.0 Å². The van der Waals surface area contributed by atoms with Crippen molar-refractivity contribution in [2.75, 3.05) is 26.2 Å². The molecule has 0 aliphatic carbocycles. The summed E-state index contributed by atoms with van der Waals surface area (Å²) in [6.45, 7) is 12.4. The van der Waals surface area contributed by atoms with Crippen LogP contribution in [0.4, 0.5) is 0 Å². The maximum Gasteiger partial charge on any atom is 0.224 e. The second-order valence-corrected chi connectivity index (χ2v) is 5.76. The molecule has 1 heterocycles. The second-order valence-electron chi connectivity index (χ2n) is 5.76. The summed E-state index contributed by atoms with van der Waals surface area (Å²) >= 11 is 0. The molecule has 1 atom stereocenters. The molecule has 1 unspecified atom stereocenters. The molecule has 1 saturated heterocycles. The zero-order valence-corrected chi connectivity index (χ0v) is 14.8. The largest absolute Gasteiger partial charge is 0.355 e. The van der Waals surface area contributed by atoms with Crippen LogP contribution >= 0.6 is 24.8 Å². The zero-order chi connectivity index (χ0) is 13.5. The minimum Gasteiger partial charge on any atom is -0.355 e. The molecule has 20 heavy (non-hydrogen) atoms. The monoisotopic (exact) mass is 327 g/mol. The van der Waals surface area contributed by atoms with Crippen LogP contribution in [0.5, 0.6) is 0 Å². The van der Waals surface area contributed by atoms with Crippen LogP contribution in [0.25, 0.3) is 0 Å². The molecule has 0 spiro atoms. The van der Waals surface area contributed by atoms with Crippen LogP contribution in [0, 0.1) is 5.92 Å². The molecule has 122 valence electrons. The van der Waals surface area contributed by atoms with E-state index in [1.165, 1.54) is 0 Å². The van der Waals surface area contributed by atoms with Crippen molar-refractivity contribution in [3.05, 3.63) is 0 Å². The van der Waals surface area contributed by atoms with E-state index in [1.807, 2.05) is 0 Å². The Labute approximate surface area is 136 Å². The van der Waals surface area contributed by atoms with Gasteiger partial charge in [0.25, 0.3) is 0 Å². The predicted molar refractivity (Wildman–Crippen MR) is 90.1 cm³/mol. The third-order valence-electron chi connectivity index (χ3n) is 3.66. The van der Waals surface area contributed by atoms with E-state index in [2.05, 4.69) is 43.2 Å². The highest BCUT2D eigenvalue weighted by molar-refractivity contribution is 5.85. The van der Waals surface area contributed by atoms with Gasteiger partial charge in [-0.3, -0.25) is 9.69 Å². The number of hydrogen-bond acceptors (Lipinski definition) is 3. The van der Waals surface area contributed by atoms with Crippen molar-refractivity contribution >= 4 is 30.7 Å². The van der Waals surface area contributed by atoms with Crippen LogP contribution in [-0.4, -0.2) is 49.1 Å². The molecule has 0 aromatic heterocycles. The Morgan fingerprint density at radius 3 is 2.30 bits per heavy atom. The van der Waals surface area contributed by atoms with Crippen molar-refractivity contribution in [2.45, 2.75) is 52.6 Å². The number of carbonyl (C=O) groups is 1. The van der Waals surface area contributed by atoms with Crippen LogP contribution in [0.1, 0.15) is 40.5 Å². The average Bonchev–Trinajstić information content (AvgIpc) is 2.34. The summed E-state index contributed by atoms with van der Waals surface area (Å²) < 4.78 is 0. The van der Waals surface area contributed by atoms with Gasteiger partial charge in [0.2, 0.25) is 5.91 Å². The number of halogens is 2. The maximum atomic E-state index is 11.9. The number of amides is 1. The summed E-state index contributed by atoms with van der Waals surface area (Å²) in [5.41, 5.74) is 0. The second kappa shape index (κ2) is 11.6. The lowest BCUT2D eigenvalue weighted by molar-refractivity contribution is -0.125. The molecule has 2 N–H and O–H groups in total. The van der Waals surface area contributed by atoms with E-state index >= 15 is 0 Å². The summed E-state index contributed by atoms with van der Waals surface area (Å²) in [7, 11) is 0. The van der Waals surface area contributed by atoms with Crippen molar-refractivity contribution in [1.82, 2.24) is 15.5 Å². The highest BCUT2D eigenvalue weighted by Gasteiger charge is 2.20. The number of carbonyl (C=O) groups excluding carboxylic acids is 1. The van der Waals surface area contributed by atoms with E-state index in [0.29, 0.717) is 12.1 Å². The topological polar surface area (TPSA) is 44.4 Å². The van der Waals surface area contributed by atoms with Gasteiger partial charge in [0, 0.05) is 31.7 Å². The lowest BCUT2D eigenvalue weighted by Crippen LogP contribution is -2.45. The molecule has 1 amide bonds. The van der Waals surface area contributed by atoms with Gasteiger partial charge in [-0.2, -0.15) is 0 Å². The summed E-state index contributed by atoms with van der Waals surface area (Å²) in [6, 6.07) is 1.05. The smallest absolute Gasteiger partial charge is 0.224 e. The molecule has 4 nitrogen and oxygen atoms in total. The van der Waals surface area contributed by atoms with Gasteiger partial charge in [-0.15, -0.1) is 24.8 Å². The maximum absolute atomic E-state index is 11.9. The average molecular weight is 328 g/mol. The molecule has 1 aliphatic heterocycles. The Morgan fingerprint density at radius 1 is 1.25 bits per heavy atom. The minimum atomic E-state index is 0. The summed E-state index contributed by atoms with van der Waals surface area (Å²) in [6.07, 6.45) is 2.14. The first-order valence-electron chi connectivity index (χ1n) is 7.26. The van der Waals surface area contributed by atoms with Gasteiger partial charge in [0.15, 0.2) is 0 Å². The van der Waals surface area contributed by atoms with Gasteiger partial charge in [-0.05, 0) is 47.1 Å². The fourth-order valence-corrected chi connectivity index (χ4v) is 2.64. The number of piperidine rings is 1. The van der Waals surface area contributed by atoms with Crippen molar-refractivity contribution in [2.24, 2.45) is 5.92 Å². The minimum absolute atomic E-state index is 0. The van der Waals surface area contributed by atoms with Crippen molar-refractivity contribution in [3.8, 4) is 0 Å². The van der Waals surface area contributed by atoms with Crippen molar-refractivity contribution in [1.29, 1.82) is 0 Å². The van der Waals surface area contributed by atoms with Gasteiger partial charge in [-0.1, -0.05) is 0 Å². The summed E-state index contributed by atoms with van der Waals surface area (Å²) in [5.74, 6) is 0.389. The van der Waals surface area contributed by atoms with E-state index < -0.39 is 0 Å². The Kier molecular flexibility index (Phi) is 12.9. The third kappa shape index (κ3) is 7.67. The highest BCUT2D eigenvalue weighted by Crippen LogP contribution is 2.09. The molecule has 0 aromatic carbocycles. The van der Waals surface area contributed by atoms with E-state index in [-0.39, 0.29) is 36.6 Å². The van der Waals surface area contributed by atoms with Gasteiger partial charge in [0.05, 0.1) is 5.92 Å². The quantitative estimate of drug-likeness (QED) is 0.784. The Morgan fingerprint density at radius 2 is 1.85 bits per heavy atom. The molecule has 6 heteroatoms. The van der Waals surface area contributed by atoms with Crippen molar-refractivity contribution < 1.29 is 4.79 Å². The molecule has 1 aliphatic rings. The normalized spacial score (nSPS) is 18.6. The fourth-order valence-electron chi connectivity index (χ4n) is 2.64. The van der Waals surface area contributed by atoms with Crippen molar-refractivity contribution in [3.63, 3.8) is 0 Å². The van der Waals surface area contributed by atoms with Gasteiger partial charge in [-0.25, -0.2) is 0 Å². The number of nitrogens with zero attached hydrogens (tertiary/aromatic N) is 1. The predicted octanol–water partition coefficient (Wildman–Crippen LogP) is 2.06. The molecule has 0 saturated carbocycles. The fraction of sp³-hybridized carbons (Fsp3) is 0.929. The standard InChI is InChI=1S/C14H29N3O.2ClH/c1-11(2)17(12(3)4)9-8-16-14(18)13-6-5-7-15-10-13;;/h11-13,15H,5-10H2,1-4H3,(H,16,18);2*1H. The molecule has 1 rings (SSSR count). The first kappa shape index (κ1) is 22.3. The van der Waals surface area contributed by atoms with Crippen LogP contribution in [0.15, 0.2) is 0 Å². The van der Waals surface area contributed by atoms with E-state index in [1.54, 1.807) is 0 Å². The third-order valence-corrected chi connectivity index (χ3v) is 3.66. The Hall–Kier alpha value is -0.0300. The SMILES string of the molecule is CC(C)N(CCNC(=O)C1CCCNC1)C(C)C.Cl.Cl. The summed E-state index contributed by atoms with van der Waals surface area (Å²) in [5, 5.41) is 6.35. The molecule has 0 aromatic rings. The molecular weight excluding hydrogens is 297 g/mol. The Bertz CT molecular complexity index is 249. The molecule has 1 fully saturated rings. The highest BCUT2D eigenvalue weighted by atomic mass is 35.5. The van der Waals surface area contributed by atoms with Crippen LogP contribution in [-0.2, 0) is 4.79 Å². The zero-order valence-electron chi connectivity index (χ0n) is 13.1. The summed E-state index contributed by atoms with van der Waals surface area (Å²) in [4.78, 5) is 14.4. The Balaban J connectivity index is 0. The van der Waals surface area contributed by atoms with E-state index in [4.69, 9.17) is 0 Å². The van der Waals surface area contributed by atoms with Crippen LogP contribution < -0.4 is 10.6 Å². The molecule has 0 bridgehead atoms. The van der Waals surface area contributed by atoms with Crippen LogP contribution in [0.3, 0.4) is 0 Å². The number of rotatable bonds is 6. The number of nitrogens with one attached hydrogen (secondary N) is 2.